The molecule has 2 heteroatoms. The molecule has 0 saturated carbocycles. The van der Waals surface area contributed by atoms with Gasteiger partial charge in [-0.1, -0.05) is 25.3 Å². The van der Waals surface area contributed by atoms with E-state index >= 15 is 0 Å². The van der Waals surface area contributed by atoms with Gasteiger partial charge in [-0.05, 0) is 31.3 Å². The quantitative estimate of drug-likeness (QED) is 0.672. The Kier molecular flexibility index (Phi) is 4.99. The van der Waals surface area contributed by atoms with Crippen LogP contribution in [0.5, 0.6) is 0 Å². The number of hydrogen-bond donors (Lipinski definition) is 0. The summed E-state index contributed by atoms with van der Waals surface area (Å²) >= 11 is 0. The first-order chi connectivity index (χ1) is 6.84. The lowest BCUT2D eigenvalue weighted by Crippen LogP contribution is -2.01. The van der Waals surface area contributed by atoms with Crippen LogP contribution in [0.2, 0.25) is 0 Å². The number of Topliss-reactive ketones (excluding diaryl/α,β-unsaturated/α-hetero) is 1. The molecular formula is C12H17NO. The summed E-state index contributed by atoms with van der Waals surface area (Å²) in [5.74, 6) is 0.0365. The summed E-state index contributed by atoms with van der Waals surface area (Å²) in [4.78, 5) is 11.5. The Morgan fingerprint density at radius 3 is 2.79 bits per heavy atom. The molecule has 0 radical (unpaired) electrons. The van der Waals surface area contributed by atoms with Crippen molar-refractivity contribution in [2.45, 2.75) is 51.4 Å². The second-order valence-corrected chi connectivity index (χ2v) is 3.79. The molecule has 0 N–H and O–H groups in total. The van der Waals surface area contributed by atoms with Gasteiger partial charge in [0.1, 0.15) is 0 Å². The largest absolute Gasteiger partial charge is 0.293 e. The summed E-state index contributed by atoms with van der Waals surface area (Å²) in [5, 5.41) is 8.45. The third-order valence-corrected chi connectivity index (χ3v) is 2.64. The third-order valence-electron chi connectivity index (χ3n) is 2.64. The lowest BCUT2D eigenvalue weighted by Gasteiger charge is -2.02. The zero-order valence-electron chi connectivity index (χ0n) is 8.59. The highest BCUT2D eigenvalue weighted by Gasteiger charge is 2.09. The second kappa shape index (κ2) is 6.37. The van der Waals surface area contributed by atoms with Crippen molar-refractivity contribution in [1.29, 1.82) is 5.26 Å². The van der Waals surface area contributed by atoms with E-state index in [9.17, 15) is 4.79 Å². The van der Waals surface area contributed by atoms with E-state index < -0.39 is 0 Å². The first-order valence-electron chi connectivity index (χ1n) is 5.44. The predicted octanol–water partition coefficient (Wildman–Crippen LogP) is 3.14. The van der Waals surface area contributed by atoms with E-state index in [1.54, 1.807) is 0 Å². The lowest BCUT2D eigenvalue weighted by molar-refractivity contribution is -0.114. The fourth-order valence-corrected chi connectivity index (χ4v) is 1.81. The van der Waals surface area contributed by atoms with Crippen LogP contribution in [0, 0.1) is 11.3 Å². The van der Waals surface area contributed by atoms with Crippen molar-refractivity contribution in [2.75, 3.05) is 0 Å². The molecule has 0 heterocycles. The zero-order chi connectivity index (χ0) is 10.2. The fraction of sp³-hybridized carbons (Fsp3) is 0.667. The van der Waals surface area contributed by atoms with Gasteiger partial charge < -0.3 is 0 Å². The van der Waals surface area contributed by atoms with Gasteiger partial charge in [0.15, 0.2) is 5.78 Å². The third kappa shape index (κ3) is 3.74. The average Bonchev–Trinajstić information content (AvgIpc) is 2.30. The number of ketones is 1. The monoisotopic (exact) mass is 191 g/mol. The van der Waals surface area contributed by atoms with Crippen LogP contribution in [0.15, 0.2) is 11.6 Å². The minimum atomic E-state index is 0.0365. The number of allylic oxidation sites excluding steroid dienone is 2. The molecule has 0 unspecified atom stereocenters. The summed E-state index contributed by atoms with van der Waals surface area (Å²) in [5.41, 5.74) is 0.897. The van der Waals surface area contributed by atoms with E-state index in [0.29, 0.717) is 0 Å². The van der Waals surface area contributed by atoms with Crippen molar-refractivity contribution in [3.8, 4) is 6.07 Å². The molecule has 1 rings (SSSR count). The Morgan fingerprint density at radius 1 is 1.29 bits per heavy atom. The van der Waals surface area contributed by atoms with Gasteiger partial charge in [-0.25, -0.2) is 0 Å². The maximum absolute atomic E-state index is 11.5. The molecule has 0 saturated heterocycles. The summed E-state index contributed by atoms with van der Waals surface area (Å²) in [6, 6.07) is 1.93. The van der Waals surface area contributed by atoms with Crippen molar-refractivity contribution < 1.29 is 4.79 Å². The zero-order valence-corrected chi connectivity index (χ0v) is 8.59. The number of nitrogens with zero attached hydrogens (tertiary/aromatic N) is 1. The molecule has 0 amide bonds. The minimum absolute atomic E-state index is 0.0365. The number of carbonyl (C=O) groups is 1. The molecule has 0 aliphatic heterocycles. The average molecular weight is 191 g/mol. The highest BCUT2D eigenvalue weighted by Crippen LogP contribution is 2.18. The van der Waals surface area contributed by atoms with Crippen LogP contribution in [0.25, 0.3) is 0 Å². The van der Waals surface area contributed by atoms with Crippen LogP contribution in [-0.2, 0) is 4.79 Å². The van der Waals surface area contributed by atoms with Gasteiger partial charge in [-0.2, -0.15) is 5.26 Å². The number of nitriles is 1. The summed E-state index contributed by atoms with van der Waals surface area (Å²) in [6.45, 7) is 0. The van der Waals surface area contributed by atoms with Gasteiger partial charge in [-0.15, -0.1) is 0 Å². The van der Waals surface area contributed by atoms with Crippen LogP contribution in [0.3, 0.4) is 0 Å². The maximum Gasteiger partial charge on any atom is 0.172 e. The van der Waals surface area contributed by atoms with Crippen LogP contribution < -0.4 is 0 Å². The molecule has 2 nitrogen and oxygen atoms in total. The molecule has 0 aromatic carbocycles. The first-order valence-corrected chi connectivity index (χ1v) is 5.44. The normalized spacial score (nSPS) is 22.1. The van der Waals surface area contributed by atoms with Crippen LogP contribution >= 0.6 is 0 Å². The molecule has 0 fully saturated rings. The highest BCUT2D eigenvalue weighted by atomic mass is 16.1. The molecule has 0 aromatic heterocycles. The summed E-state index contributed by atoms with van der Waals surface area (Å²) in [6.07, 6.45) is 10.0. The molecule has 14 heavy (non-hydrogen) atoms. The van der Waals surface area contributed by atoms with Crippen molar-refractivity contribution >= 4 is 5.78 Å². The molecule has 0 spiro atoms. The van der Waals surface area contributed by atoms with Crippen LogP contribution in [-0.4, -0.2) is 5.78 Å². The Bertz CT molecular complexity index is 260. The van der Waals surface area contributed by atoms with Crippen molar-refractivity contribution in [3.05, 3.63) is 11.6 Å². The minimum Gasteiger partial charge on any atom is -0.293 e. The molecule has 0 aromatic rings. The lowest BCUT2D eigenvalue weighted by atomic mass is 10.0. The Balaban J connectivity index is 2.54. The fourth-order valence-electron chi connectivity index (χ4n) is 1.81. The first kappa shape index (κ1) is 11.0. The SMILES string of the molecule is N#CCC(=O)/C1=C/CCCCCCC1. The van der Waals surface area contributed by atoms with Crippen LogP contribution in [0.4, 0.5) is 0 Å². The van der Waals surface area contributed by atoms with E-state index in [-0.39, 0.29) is 12.2 Å². The Hall–Kier alpha value is -1.10. The smallest absolute Gasteiger partial charge is 0.172 e. The molecule has 76 valence electrons. The highest BCUT2D eigenvalue weighted by molar-refractivity contribution is 5.96. The summed E-state index contributed by atoms with van der Waals surface area (Å²) < 4.78 is 0. The Labute approximate surface area is 85.6 Å². The summed E-state index contributed by atoms with van der Waals surface area (Å²) in [7, 11) is 0. The number of hydrogen-bond acceptors (Lipinski definition) is 2. The maximum atomic E-state index is 11.5. The topological polar surface area (TPSA) is 40.9 Å². The van der Waals surface area contributed by atoms with E-state index in [0.717, 1.165) is 24.8 Å². The predicted molar refractivity (Wildman–Crippen MR) is 55.6 cm³/mol. The van der Waals surface area contributed by atoms with E-state index in [1.165, 1.54) is 25.7 Å². The number of rotatable bonds is 2. The van der Waals surface area contributed by atoms with Gasteiger partial charge in [0, 0.05) is 0 Å². The molecule has 0 bridgehead atoms. The number of carbonyl (C=O) groups excluding carboxylic acids is 1. The Morgan fingerprint density at radius 2 is 2.00 bits per heavy atom. The molecular weight excluding hydrogens is 174 g/mol. The van der Waals surface area contributed by atoms with E-state index in [4.69, 9.17) is 5.26 Å². The van der Waals surface area contributed by atoms with E-state index in [1.807, 2.05) is 12.1 Å². The van der Waals surface area contributed by atoms with Gasteiger partial charge in [-0.3, -0.25) is 4.79 Å². The molecule has 1 aliphatic carbocycles. The van der Waals surface area contributed by atoms with Crippen molar-refractivity contribution in [3.63, 3.8) is 0 Å². The van der Waals surface area contributed by atoms with Crippen molar-refractivity contribution in [1.82, 2.24) is 0 Å². The van der Waals surface area contributed by atoms with Gasteiger partial charge in [0.2, 0.25) is 0 Å². The van der Waals surface area contributed by atoms with Gasteiger partial charge >= 0.3 is 0 Å². The van der Waals surface area contributed by atoms with Gasteiger partial charge in [0.25, 0.3) is 0 Å². The second-order valence-electron chi connectivity index (χ2n) is 3.79. The van der Waals surface area contributed by atoms with Crippen molar-refractivity contribution in [2.24, 2.45) is 0 Å². The van der Waals surface area contributed by atoms with Gasteiger partial charge in [0.05, 0.1) is 12.5 Å². The van der Waals surface area contributed by atoms with E-state index in [2.05, 4.69) is 0 Å². The van der Waals surface area contributed by atoms with Crippen LogP contribution in [0.1, 0.15) is 51.4 Å². The molecule has 0 atom stereocenters. The molecule has 1 aliphatic rings. The standard InChI is InChI=1S/C12H17NO/c13-10-9-12(14)11-7-5-3-1-2-4-6-8-11/h7H,1-6,8-9H2/b11-7+.